The highest BCUT2D eigenvalue weighted by Gasteiger charge is 2.14. The Morgan fingerprint density at radius 3 is 2.52 bits per heavy atom. The van der Waals surface area contributed by atoms with Crippen molar-refractivity contribution in [2.45, 2.75) is 19.8 Å². The van der Waals surface area contributed by atoms with Crippen LogP contribution in [0.5, 0.6) is 17.2 Å². The number of hydrogen-bond acceptors (Lipinski definition) is 5. The van der Waals surface area contributed by atoms with E-state index in [-0.39, 0.29) is 5.57 Å². The minimum atomic E-state index is -0.574. The highest BCUT2D eigenvalue weighted by atomic mass is 35.5. The predicted octanol–water partition coefficient (Wildman–Crippen LogP) is 5.08. The highest BCUT2D eigenvalue weighted by Crippen LogP contribution is 2.30. The number of nitrogens with zero attached hydrogens (tertiary/aromatic N) is 1. The molecule has 0 fully saturated rings. The maximum Gasteiger partial charge on any atom is 0.266 e. The van der Waals surface area contributed by atoms with Crippen molar-refractivity contribution in [1.29, 1.82) is 5.26 Å². The molecule has 7 heteroatoms. The van der Waals surface area contributed by atoms with Gasteiger partial charge in [-0.05, 0) is 48.4 Å². The van der Waals surface area contributed by atoms with Crippen LogP contribution in [0.3, 0.4) is 0 Å². The molecule has 0 aromatic heterocycles. The first-order chi connectivity index (χ1) is 14.0. The molecular weight excluding hydrogens is 392 g/mol. The van der Waals surface area contributed by atoms with Gasteiger partial charge in [0, 0.05) is 5.02 Å². The van der Waals surface area contributed by atoms with Gasteiger partial charge in [-0.1, -0.05) is 31.0 Å². The number of hydrogen-bond donors (Lipinski definition) is 1. The summed E-state index contributed by atoms with van der Waals surface area (Å²) in [6.45, 7) is 2.68. The van der Waals surface area contributed by atoms with E-state index in [1.807, 2.05) is 6.07 Å². The molecule has 2 rings (SSSR count). The summed E-state index contributed by atoms with van der Waals surface area (Å²) >= 11 is 5.98. The number of unbranched alkanes of at least 4 members (excludes halogenated alkanes) is 1. The zero-order valence-electron chi connectivity index (χ0n) is 16.6. The minimum absolute atomic E-state index is 0.0752. The van der Waals surface area contributed by atoms with Gasteiger partial charge in [-0.15, -0.1) is 0 Å². The molecule has 29 heavy (non-hydrogen) atoms. The summed E-state index contributed by atoms with van der Waals surface area (Å²) in [5.41, 5.74) is 0.937. The minimum Gasteiger partial charge on any atom is -0.495 e. The van der Waals surface area contributed by atoms with E-state index in [9.17, 15) is 10.1 Å². The molecule has 152 valence electrons. The molecular formula is C22H23ClN2O4. The van der Waals surface area contributed by atoms with Crippen LogP contribution in [0, 0.1) is 11.3 Å². The predicted molar refractivity (Wildman–Crippen MR) is 114 cm³/mol. The number of ether oxygens (including phenoxy) is 3. The molecule has 0 spiro atoms. The third-order valence-electron chi connectivity index (χ3n) is 4.03. The molecule has 2 aromatic rings. The van der Waals surface area contributed by atoms with Crippen molar-refractivity contribution in [2.24, 2.45) is 0 Å². The number of carbonyl (C=O) groups is 1. The Morgan fingerprint density at radius 2 is 1.86 bits per heavy atom. The van der Waals surface area contributed by atoms with Crippen LogP contribution in [-0.2, 0) is 4.79 Å². The van der Waals surface area contributed by atoms with E-state index >= 15 is 0 Å². The topological polar surface area (TPSA) is 80.6 Å². The molecule has 1 amide bonds. The molecule has 0 aliphatic carbocycles. The van der Waals surface area contributed by atoms with Crippen LogP contribution in [0.15, 0.2) is 42.0 Å². The Labute approximate surface area is 175 Å². The van der Waals surface area contributed by atoms with Crippen molar-refractivity contribution in [3.8, 4) is 23.3 Å². The van der Waals surface area contributed by atoms with E-state index in [4.69, 9.17) is 25.8 Å². The van der Waals surface area contributed by atoms with Gasteiger partial charge in [-0.2, -0.15) is 5.26 Å². The van der Waals surface area contributed by atoms with E-state index in [1.54, 1.807) is 43.5 Å². The van der Waals surface area contributed by atoms with Gasteiger partial charge in [-0.3, -0.25) is 4.79 Å². The first kappa shape index (κ1) is 22.1. The molecule has 6 nitrogen and oxygen atoms in total. The number of nitrogens with one attached hydrogen (secondary N) is 1. The fourth-order valence-corrected chi connectivity index (χ4v) is 2.67. The second kappa shape index (κ2) is 11.0. The van der Waals surface area contributed by atoms with Crippen LogP contribution in [0.1, 0.15) is 25.3 Å². The Morgan fingerprint density at radius 1 is 1.14 bits per heavy atom. The second-order valence-electron chi connectivity index (χ2n) is 6.08. The molecule has 0 aliphatic rings. The van der Waals surface area contributed by atoms with Crippen LogP contribution in [-0.4, -0.2) is 26.7 Å². The van der Waals surface area contributed by atoms with Gasteiger partial charge in [-0.25, -0.2) is 0 Å². The number of carbonyl (C=O) groups excluding carboxylic acids is 1. The van der Waals surface area contributed by atoms with Gasteiger partial charge in [0.15, 0.2) is 11.5 Å². The summed E-state index contributed by atoms with van der Waals surface area (Å²) in [6, 6.07) is 12.0. The fraction of sp³-hybridized carbons (Fsp3) is 0.273. The van der Waals surface area contributed by atoms with Crippen molar-refractivity contribution < 1.29 is 19.0 Å². The lowest BCUT2D eigenvalue weighted by molar-refractivity contribution is -0.112. The van der Waals surface area contributed by atoms with Crippen molar-refractivity contribution in [1.82, 2.24) is 0 Å². The van der Waals surface area contributed by atoms with Crippen LogP contribution < -0.4 is 19.5 Å². The number of amides is 1. The SMILES string of the molecule is CCCCOc1ccc(/C=C(\C#N)C(=O)Nc2cc(Cl)ccc2OC)cc1OC. The second-order valence-corrected chi connectivity index (χ2v) is 6.52. The monoisotopic (exact) mass is 414 g/mol. The van der Waals surface area contributed by atoms with Gasteiger partial charge < -0.3 is 19.5 Å². The number of nitriles is 1. The molecule has 0 unspecified atom stereocenters. The van der Waals surface area contributed by atoms with E-state index in [1.165, 1.54) is 13.2 Å². The fourth-order valence-electron chi connectivity index (χ4n) is 2.50. The third kappa shape index (κ3) is 6.16. The molecule has 0 heterocycles. The van der Waals surface area contributed by atoms with Crippen molar-refractivity contribution >= 4 is 29.3 Å². The average Bonchev–Trinajstić information content (AvgIpc) is 2.72. The summed E-state index contributed by atoms with van der Waals surface area (Å²) in [7, 11) is 3.02. The summed E-state index contributed by atoms with van der Waals surface area (Å²) in [5, 5.41) is 12.5. The standard InChI is InChI=1S/C22H23ClN2O4/c1-4-5-10-29-20-8-6-15(12-21(20)28-3)11-16(14-24)22(26)25-18-13-17(23)7-9-19(18)27-2/h6-9,11-13H,4-5,10H2,1-3H3,(H,25,26)/b16-11+. The lowest BCUT2D eigenvalue weighted by Crippen LogP contribution is -2.14. The lowest BCUT2D eigenvalue weighted by Gasteiger charge is -2.12. The first-order valence-corrected chi connectivity index (χ1v) is 9.47. The van der Waals surface area contributed by atoms with Gasteiger partial charge >= 0.3 is 0 Å². The number of benzene rings is 2. The normalized spacial score (nSPS) is 10.8. The maximum atomic E-state index is 12.6. The Bertz CT molecular complexity index is 935. The van der Waals surface area contributed by atoms with Gasteiger partial charge in [0.2, 0.25) is 0 Å². The van der Waals surface area contributed by atoms with Crippen molar-refractivity contribution in [2.75, 3.05) is 26.1 Å². The van der Waals surface area contributed by atoms with Crippen molar-refractivity contribution in [3.63, 3.8) is 0 Å². The molecule has 0 bridgehead atoms. The summed E-state index contributed by atoms with van der Waals surface area (Å²) < 4.78 is 16.3. The zero-order chi connectivity index (χ0) is 21.2. The largest absolute Gasteiger partial charge is 0.495 e. The molecule has 0 radical (unpaired) electrons. The lowest BCUT2D eigenvalue weighted by atomic mass is 10.1. The quantitative estimate of drug-likeness (QED) is 0.351. The van der Waals surface area contributed by atoms with Gasteiger partial charge in [0.05, 0.1) is 26.5 Å². The van der Waals surface area contributed by atoms with Gasteiger partial charge in [0.25, 0.3) is 5.91 Å². The van der Waals surface area contributed by atoms with E-state index in [2.05, 4.69) is 12.2 Å². The molecule has 0 atom stereocenters. The number of rotatable bonds is 9. The Hall–Kier alpha value is -3.17. The highest BCUT2D eigenvalue weighted by molar-refractivity contribution is 6.31. The maximum absolute atomic E-state index is 12.6. The number of halogens is 1. The van der Waals surface area contributed by atoms with Gasteiger partial charge in [0.1, 0.15) is 17.4 Å². The molecule has 2 aromatic carbocycles. The Balaban J connectivity index is 2.23. The zero-order valence-corrected chi connectivity index (χ0v) is 17.4. The van der Waals surface area contributed by atoms with E-state index in [0.717, 1.165) is 12.8 Å². The molecule has 0 aliphatic heterocycles. The number of methoxy groups -OCH3 is 2. The smallest absolute Gasteiger partial charge is 0.266 e. The summed E-state index contributed by atoms with van der Waals surface area (Å²) in [5.74, 6) is 1.01. The number of anilines is 1. The molecule has 0 saturated carbocycles. The van der Waals surface area contributed by atoms with Crippen LogP contribution in [0.2, 0.25) is 5.02 Å². The molecule has 0 saturated heterocycles. The van der Waals surface area contributed by atoms with Crippen LogP contribution in [0.25, 0.3) is 6.08 Å². The first-order valence-electron chi connectivity index (χ1n) is 9.09. The Kier molecular flexibility index (Phi) is 8.38. The van der Waals surface area contributed by atoms with E-state index in [0.29, 0.717) is 40.1 Å². The average molecular weight is 415 g/mol. The summed E-state index contributed by atoms with van der Waals surface area (Å²) in [6.07, 6.45) is 3.45. The van der Waals surface area contributed by atoms with E-state index < -0.39 is 5.91 Å². The third-order valence-corrected chi connectivity index (χ3v) is 4.26. The summed E-state index contributed by atoms with van der Waals surface area (Å²) in [4.78, 5) is 12.6. The van der Waals surface area contributed by atoms with Crippen LogP contribution in [0.4, 0.5) is 5.69 Å². The molecule has 1 N–H and O–H groups in total. The van der Waals surface area contributed by atoms with Crippen molar-refractivity contribution in [3.05, 3.63) is 52.6 Å². The van der Waals surface area contributed by atoms with Crippen LogP contribution >= 0.6 is 11.6 Å².